The number of oxime groups is 1. The summed E-state index contributed by atoms with van der Waals surface area (Å²) in [6.45, 7) is 1.17. The molecule has 0 radical (unpaired) electrons. The molecular formula is C28H30ClF6N7O9S2. The summed E-state index contributed by atoms with van der Waals surface area (Å²) in [7, 11) is 0. The van der Waals surface area contributed by atoms with E-state index in [-0.39, 0.29) is 39.7 Å². The monoisotopic (exact) mass is 821 g/mol. The van der Waals surface area contributed by atoms with Crippen molar-refractivity contribution in [3.8, 4) is 0 Å². The number of aliphatic carboxylic acids is 3. The molecule has 2 aliphatic heterocycles. The number of thiazole rings is 1. The zero-order chi connectivity index (χ0) is 40.1. The molecule has 4 heterocycles. The third kappa shape index (κ3) is 13.4. The lowest BCUT2D eigenvalue weighted by Gasteiger charge is -2.50. The number of rotatable bonds is 13. The zero-order valence-electron chi connectivity index (χ0n) is 26.9. The van der Waals surface area contributed by atoms with Crippen LogP contribution < -0.4 is 26.5 Å². The van der Waals surface area contributed by atoms with Gasteiger partial charge < -0.3 is 41.7 Å². The number of hydrogen-bond acceptors (Lipinski definition) is 13. The lowest BCUT2D eigenvalue weighted by Crippen LogP contribution is -2.71. The van der Waals surface area contributed by atoms with E-state index >= 15 is 0 Å². The van der Waals surface area contributed by atoms with Crippen LogP contribution in [0.2, 0.25) is 4.34 Å². The van der Waals surface area contributed by atoms with Crippen LogP contribution in [0.3, 0.4) is 0 Å². The first-order valence-electron chi connectivity index (χ1n) is 14.8. The molecular weight excluding hydrogens is 792 g/mol. The molecule has 1 saturated heterocycles. The predicted molar refractivity (Wildman–Crippen MR) is 173 cm³/mol. The second-order valence-electron chi connectivity index (χ2n) is 10.4. The van der Waals surface area contributed by atoms with E-state index in [9.17, 15) is 45.8 Å². The molecule has 2 aromatic rings. The molecule has 4 rings (SSSR count). The van der Waals surface area contributed by atoms with Gasteiger partial charge in [0.2, 0.25) is 0 Å². The number of hydrogen-bond donors (Lipinski definition) is 5. The molecule has 1 fully saturated rings. The number of nitrogens with two attached hydrogens (primary N) is 2. The van der Waals surface area contributed by atoms with Crippen LogP contribution in [-0.4, -0.2) is 98.2 Å². The highest BCUT2D eigenvalue weighted by atomic mass is 35.5. The molecule has 25 heteroatoms. The fourth-order valence-electron chi connectivity index (χ4n) is 4.19. The molecule has 7 N–H and O–H groups in total. The van der Waals surface area contributed by atoms with Crippen molar-refractivity contribution >= 4 is 75.3 Å². The van der Waals surface area contributed by atoms with E-state index in [1.807, 2.05) is 22.8 Å². The maximum atomic E-state index is 13.3. The standard InChI is InChI=1S/C24H28ClN7O5S2.2C2HF3O2/c25-19-15(29-24(27)39-19)16(30-37-11-7-2-1-4-8-26)20(33)28-17-21(34)32-18(23(35)36)14(13-38-22(17)32)12-31-9-5-3-6-10-31;2*3-2(4,5)1(6)7/h3,5-6,9-10,17,22H,1-2,4,7-8,11-13,26H2,(H3-,27,28,29,33,35,36);2*(H,6,7)/b30-16-;;/t17-,22-;;/m1../s1. The maximum absolute atomic E-state index is 13.3. The van der Waals surface area contributed by atoms with Crippen LogP contribution in [0.1, 0.15) is 31.4 Å². The van der Waals surface area contributed by atoms with Crippen molar-refractivity contribution in [2.24, 2.45) is 10.9 Å². The van der Waals surface area contributed by atoms with E-state index in [1.165, 1.54) is 11.8 Å². The normalized spacial score (nSPS) is 16.9. The minimum atomic E-state index is -5.08. The van der Waals surface area contributed by atoms with Gasteiger partial charge >= 0.3 is 24.3 Å². The fourth-order valence-corrected chi connectivity index (χ4v) is 6.46. The lowest BCUT2D eigenvalue weighted by molar-refractivity contribution is -0.689. The van der Waals surface area contributed by atoms with Crippen LogP contribution >= 0.6 is 34.7 Å². The first-order chi connectivity index (χ1) is 24.7. The van der Waals surface area contributed by atoms with Gasteiger partial charge in [0.05, 0.1) is 11.7 Å². The summed E-state index contributed by atoms with van der Waals surface area (Å²) in [5, 5.41) is 32.4. The Bertz CT molecular complexity index is 1670. The fraction of sp³-hybridized carbons (Fsp3) is 0.429. The van der Waals surface area contributed by atoms with Crippen LogP contribution in [0, 0.1) is 0 Å². The molecule has 0 unspecified atom stereocenters. The number of amides is 2. The number of carboxylic acid groups (broad SMARTS) is 3. The number of nitrogen functional groups attached to an aromatic ring is 1. The number of aromatic nitrogens is 2. The molecule has 2 atom stereocenters. The maximum Gasteiger partial charge on any atom is 0.490 e. The number of carbonyl (C=O) groups excluding carboxylic acids is 3. The smallest absolute Gasteiger partial charge is 0.490 e. The lowest BCUT2D eigenvalue weighted by atomic mass is 10.0. The van der Waals surface area contributed by atoms with Crippen LogP contribution in [-0.2, 0) is 35.4 Å². The zero-order valence-corrected chi connectivity index (χ0v) is 29.2. The number of β-lactam (4-membered cyclic amide) rings is 1. The summed E-state index contributed by atoms with van der Waals surface area (Å²) in [6, 6.07) is 4.51. The van der Waals surface area contributed by atoms with Crippen molar-refractivity contribution in [3.05, 3.63) is 51.9 Å². The first kappa shape index (κ1) is 44.5. The minimum Gasteiger partial charge on any atom is -0.543 e. The Morgan fingerprint density at radius 3 is 2.11 bits per heavy atom. The molecule has 0 bridgehead atoms. The Morgan fingerprint density at radius 1 is 1.06 bits per heavy atom. The van der Waals surface area contributed by atoms with Crippen molar-refractivity contribution in [3.63, 3.8) is 0 Å². The summed E-state index contributed by atoms with van der Waals surface area (Å²) in [5.74, 6) is -7.93. The topological polar surface area (TPSA) is 255 Å². The first-order valence-corrected chi connectivity index (χ1v) is 17.0. The Morgan fingerprint density at radius 2 is 1.62 bits per heavy atom. The number of pyridine rings is 1. The SMILES string of the molecule is NCCCCCCO/N=C(\C(=O)N[C@@H]1C(=O)N2C(C(=O)[O-])=C(C[n+]3ccccc3)CS[C@H]12)c1nc(N)sc1Cl.O=C(O)C(F)(F)F.O=C(O)C(F)(F)F. The summed E-state index contributed by atoms with van der Waals surface area (Å²) < 4.78 is 65.4. The molecule has 2 amide bonds. The second kappa shape index (κ2) is 20.0. The van der Waals surface area contributed by atoms with Gasteiger partial charge in [0.25, 0.3) is 11.8 Å². The van der Waals surface area contributed by atoms with Crippen molar-refractivity contribution in [2.75, 3.05) is 24.6 Å². The van der Waals surface area contributed by atoms with Gasteiger partial charge in [0, 0.05) is 23.5 Å². The van der Waals surface area contributed by atoms with Gasteiger partial charge in [-0.1, -0.05) is 40.6 Å². The largest absolute Gasteiger partial charge is 0.543 e. The van der Waals surface area contributed by atoms with Gasteiger partial charge in [-0.3, -0.25) is 14.5 Å². The molecule has 0 aromatic carbocycles. The Hall–Kier alpha value is -4.68. The van der Waals surface area contributed by atoms with E-state index in [4.69, 9.17) is 47.7 Å². The van der Waals surface area contributed by atoms with Gasteiger partial charge in [-0.25, -0.2) is 19.1 Å². The summed E-state index contributed by atoms with van der Waals surface area (Å²) in [6.07, 6.45) is -3.09. The highest BCUT2D eigenvalue weighted by Crippen LogP contribution is 2.40. The van der Waals surface area contributed by atoms with Gasteiger partial charge in [-0.15, -0.1) is 11.8 Å². The van der Waals surface area contributed by atoms with Gasteiger partial charge in [-0.2, -0.15) is 26.3 Å². The quantitative estimate of drug-likeness (QED) is 0.0477. The van der Waals surface area contributed by atoms with Crippen LogP contribution in [0.25, 0.3) is 0 Å². The van der Waals surface area contributed by atoms with Gasteiger partial charge in [0.1, 0.15) is 28.1 Å². The Kier molecular flexibility index (Phi) is 16.8. The number of nitrogens with one attached hydrogen (secondary N) is 1. The average molecular weight is 822 g/mol. The van der Waals surface area contributed by atoms with Crippen molar-refractivity contribution in [1.82, 2.24) is 15.2 Å². The predicted octanol–water partition coefficient (Wildman–Crippen LogP) is 1.28. The van der Waals surface area contributed by atoms with Gasteiger partial charge in [0.15, 0.2) is 29.8 Å². The molecule has 0 aliphatic carbocycles. The molecule has 53 heavy (non-hydrogen) atoms. The number of anilines is 1. The number of halogens is 7. The van der Waals surface area contributed by atoms with E-state index in [2.05, 4.69) is 15.5 Å². The molecule has 16 nitrogen and oxygen atoms in total. The highest BCUT2D eigenvalue weighted by Gasteiger charge is 2.53. The number of carboxylic acids is 3. The van der Waals surface area contributed by atoms with E-state index in [1.54, 1.807) is 12.4 Å². The van der Waals surface area contributed by atoms with Crippen molar-refractivity contribution in [1.29, 1.82) is 0 Å². The average Bonchev–Trinajstić information content (AvgIpc) is 3.41. The Labute approximate surface area is 308 Å². The van der Waals surface area contributed by atoms with E-state index in [0.29, 0.717) is 24.3 Å². The number of fused-ring (bicyclic) bond motifs is 1. The van der Waals surface area contributed by atoms with Crippen molar-refractivity contribution in [2.45, 2.75) is 56.0 Å². The van der Waals surface area contributed by atoms with Crippen molar-refractivity contribution < 1.29 is 75.0 Å². The molecule has 2 aliphatic rings. The third-order valence-corrected chi connectivity index (χ3v) is 8.97. The van der Waals surface area contributed by atoms with E-state index < -0.39 is 53.5 Å². The number of alkyl halides is 6. The van der Waals surface area contributed by atoms with Crippen LogP contribution in [0.5, 0.6) is 0 Å². The third-order valence-electron chi connectivity index (χ3n) is 6.55. The summed E-state index contributed by atoms with van der Waals surface area (Å²) in [5.41, 5.74) is 11.4. The van der Waals surface area contributed by atoms with E-state index in [0.717, 1.165) is 35.5 Å². The molecule has 292 valence electrons. The molecule has 0 saturated carbocycles. The van der Waals surface area contributed by atoms with Crippen LogP contribution in [0.4, 0.5) is 31.5 Å². The number of carbonyl (C=O) groups is 5. The Balaban J connectivity index is 0.000000587. The number of nitrogens with zero attached hydrogens (tertiary/aromatic N) is 4. The second-order valence-corrected chi connectivity index (χ2v) is 13.1. The molecule has 0 spiro atoms. The number of thioether (sulfide) groups is 1. The van der Waals surface area contributed by atoms with Crippen LogP contribution in [0.15, 0.2) is 47.0 Å². The minimum absolute atomic E-state index is 0.0391. The van der Waals surface area contributed by atoms with Gasteiger partial charge in [-0.05, 0) is 25.8 Å². The summed E-state index contributed by atoms with van der Waals surface area (Å²) >= 11 is 8.55. The molecule has 2 aromatic heterocycles. The number of unbranched alkanes of at least 4 members (excludes halogenated alkanes) is 3. The highest BCUT2D eigenvalue weighted by molar-refractivity contribution is 8.00. The summed E-state index contributed by atoms with van der Waals surface area (Å²) in [4.78, 5) is 66.8.